The maximum absolute atomic E-state index is 12.4. The smallest absolute Gasteiger partial charge is 0.282 e. The van der Waals surface area contributed by atoms with Gasteiger partial charge in [0.1, 0.15) is 5.75 Å². The van der Waals surface area contributed by atoms with E-state index in [4.69, 9.17) is 0 Å². The average Bonchev–Trinajstić information content (AvgIpc) is 2.80. The van der Waals surface area contributed by atoms with Gasteiger partial charge in [-0.1, -0.05) is 13.8 Å². The molecule has 0 aliphatic carbocycles. The molecule has 1 N–H and O–H groups in total. The molecule has 2 heterocycles. The predicted octanol–water partition coefficient (Wildman–Crippen LogP) is 0.998. The second kappa shape index (κ2) is 5.07. The molecule has 0 spiro atoms. The van der Waals surface area contributed by atoms with Crippen LogP contribution in [0, 0.1) is 6.92 Å². The molecule has 1 aromatic rings. The van der Waals surface area contributed by atoms with Gasteiger partial charge < -0.3 is 5.11 Å². The minimum Gasteiger partial charge on any atom is -0.506 e. The highest BCUT2D eigenvalue weighted by molar-refractivity contribution is 7.86. The maximum Gasteiger partial charge on any atom is 0.282 e. The molecule has 0 radical (unpaired) electrons. The van der Waals surface area contributed by atoms with Gasteiger partial charge in [-0.2, -0.15) is 17.0 Å². The number of aromatic hydroxyl groups is 1. The molecule has 7 heteroatoms. The predicted molar refractivity (Wildman–Crippen MR) is 71.7 cm³/mol. The highest BCUT2D eigenvalue weighted by atomic mass is 32.2. The fourth-order valence-electron chi connectivity index (χ4n) is 2.30. The van der Waals surface area contributed by atoms with Crippen molar-refractivity contribution in [2.24, 2.45) is 0 Å². The molecule has 2 rings (SSSR count). The second-order valence-corrected chi connectivity index (χ2v) is 6.48. The van der Waals surface area contributed by atoms with E-state index < -0.39 is 10.2 Å². The van der Waals surface area contributed by atoms with E-state index in [1.165, 1.54) is 8.61 Å². The zero-order valence-corrected chi connectivity index (χ0v) is 12.2. The molecule has 19 heavy (non-hydrogen) atoms. The normalized spacial score (nSPS) is 16.0. The highest BCUT2D eigenvalue weighted by Crippen LogP contribution is 2.33. The van der Waals surface area contributed by atoms with Crippen molar-refractivity contribution in [3.05, 3.63) is 23.0 Å². The van der Waals surface area contributed by atoms with Crippen LogP contribution in [0.2, 0.25) is 0 Å². The number of hydrogen-bond donors (Lipinski definition) is 1. The molecule has 1 aromatic heterocycles. The fraction of sp³-hybridized carbons (Fsp3) is 0.583. The molecule has 0 atom stereocenters. The monoisotopic (exact) mass is 285 g/mol. The summed E-state index contributed by atoms with van der Waals surface area (Å²) in [5, 5.41) is 9.96. The zero-order valence-electron chi connectivity index (χ0n) is 11.4. The lowest BCUT2D eigenvalue weighted by molar-refractivity contribution is 0.354. The van der Waals surface area contributed by atoms with Gasteiger partial charge in [0.05, 0.1) is 5.69 Å². The highest BCUT2D eigenvalue weighted by Gasteiger charge is 2.34. The summed E-state index contributed by atoms with van der Waals surface area (Å²) in [6.45, 7) is 6.69. The first-order chi connectivity index (χ1) is 8.91. The first-order valence-corrected chi connectivity index (χ1v) is 7.73. The molecule has 1 aliphatic rings. The van der Waals surface area contributed by atoms with Crippen molar-refractivity contribution in [3.63, 3.8) is 0 Å². The third-order valence-electron chi connectivity index (χ3n) is 3.47. The minimum absolute atomic E-state index is 0.106. The van der Waals surface area contributed by atoms with Crippen molar-refractivity contribution < 1.29 is 13.5 Å². The van der Waals surface area contributed by atoms with Crippen LogP contribution in [0.5, 0.6) is 5.75 Å². The van der Waals surface area contributed by atoms with Crippen molar-refractivity contribution in [1.82, 2.24) is 13.6 Å². The molecule has 0 bridgehead atoms. The van der Waals surface area contributed by atoms with Crippen LogP contribution in [-0.2, 0) is 23.3 Å². The Morgan fingerprint density at radius 3 is 2.58 bits per heavy atom. The summed E-state index contributed by atoms with van der Waals surface area (Å²) >= 11 is 0. The molecule has 0 unspecified atom stereocenters. The quantitative estimate of drug-likeness (QED) is 0.895. The van der Waals surface area contributed by atoms with Crippen LogP contribution in [0.3, 0.4) is 0 Å². The molecule has 0 fully saturated rings. The topological polar surface area (TPSA) is 73.7 Å². The zero-order chi connectivity index (χ0) is 14.2. The van der Waals surface area contributed by atoms with Crippen molar-refractivity contribution in [2.45, 2.75) is 33.9 Å². The molecule has 0 aromatic carbocycles. The number of fused-ring (bicyclic) bond motifs is 1. The number of hydrogen-bond acceptors (Lipinski definition) is 4. The maximum atomic E-state index is 12.4. The van der Waals surface area contributed by atoms with E-state index in [0.29, 0.717) is 24.3 Å². The molecule has 6 nitrogen and oxygen atoms in total. The molecule has 106 valence electrons. The first kappa shape index (κ1) is 14.2. The Morgan fingerprint density at radius 2 is 2.00 bits per heavy atom. The summed E-state index contributed by atoms with van der Waals surface area (Å²) in [6.07, 6.45) is 1.64. The molecule has 0 amide bonds. The molecule has 0 saturated carbocycles. The summed E-state index contributed by atoms with van der Waals surface area (Å²) in [7, 11) is -3.47. The minimum atomic E-state index is -3.47. The van der Waals surface area contributed by atoms with Crippen LogP contribution in [0.4, 0.5) is 0 Å². The van der Waals surface area contributed by atoms with Gasteiger partial charge in [-0.25, -0.2) is 0 Å². The third-order valence-corrected chi connectivity index (χ3v) is 5.55. The molecular weight excluding hydrogens is 266 g/mol. The van der Waals surface area contributed by atoms with Crippen LogP contribution in [0.25, 0.3) is 0 Å². The summed E-state index contributed by atoms with van der Waals surface area (Å²) in [5.74, 6) is 0.106. The van der Waals surface area contributed by atoms with Crippen molar-refractivity contribution >= 4 is 10.2 Å². The van der Waals surface area contributed by atoms with Gasteiger partial charge in [-0.3, -0.25) is 4.98 Å². The Morgan fingerprint density at radius 1 is 1.37 bits per heavy atom. The number of nitrogens with zero attached hydrogens (tertiary/aromatic N) is 3. The lowest BCUT2D eigenvalue weighted by Crippen LogP contribution is -2.41. The fourth-order valence-corrected chi connectivity index (χ4v) is 3.87. The van der Waals surface area contributed by atoms with E-state index in [1.807, 2.05) is 13.8 Å². The Labute approximate surface area is 113 Å². The Balaban J connectivity index is 2.32. The first-order valence-electron chi connectivity index (χ1n) is 6.33. The van der Waals surface area contributed by atoms with Crippen molar-refractivity contribution in [2.75, 3.05) is 13.1 Å². The Kier molecular flexibility index (Phi) is 3.80. The standard InChI is InChI=1S/C12H19N3O3S/c1-4-14(5-2)19(17,18)15-7-10-6-13-9(3)12(16)11(10)8-15/h6,16H,4-5,7-8H2,1-3H3. The van der Waals surface area contributed by atoms with Gasteiger partial charge in [-0.15, -0.1) is 0 Å². The average molecular weight is 285 g/mol. The largest absolute Gasteiger partial charge is 0.506 e. The number of pyridine rings is 1. The Hall–Kier alpha value is -1.18. The van der Waals surface area contributed by atoms with Gasteiger partial charge in [0.25, 0.3) is 10.2 Å². The summed E-state index contributed by atoms with van der Waals surface area (Å²) in [4.78, 5) is 4.07. The number of rotatable bonds is 4. The second-order valence-electron chi connectivity index (χ2n) is 4.56. The van der Waals surface area contributed by atoms with Gasteiger partial charge >= 0.3 is 0 Å². The van der Waals surface area contributed by atoms with Crippen LogP contribution >= 0.6 is 0 Å². The van der Waals surface area contributed by atoms with Gasteiger partial charge in [0.2, 0.25) is 0 Å². The summed E-state index contributed by atoms with van der Waals surface area (Å²) in [6, 6.07) is 0. The SMILES string of the molecule is CCN(CC)S(=O)(=O)N1Cc2cnc(C)c(O)c2C1. The van der Waals surface area contributed by atoms with Gasteiger partial charge in [0.15, 0.2) is 0 Å². The van der Waals surface area contributed by atoms with Crippen molar-refractivity contribution in [3.8, 4) is 5.75 Å². The molecule has 0 saturated heterocycles. The lowest BCUT2D eigenvalue weighted by Gasteiger charge is -2.24. The molecular formula is C12H19N3O3S. The van der Waals surface area contributed by atoms with E-state index in [2.05, 4.69) is 4.98 Å². The van der Waals surface area contributed by atoms with E-state index in [1.54, 1.807) is 13.1 Å². The molecule has 1 aliphatic heterocycles. The van der Waals surface area contributed by atoms with E-state index in [9.17, 15) is 13.5 Å². The van der Waals surface area contributed by atoms with Crippen LogP contribution in [0.15, 0.2) is 6.20 Å². The third kappa shape index (κ3) is 2.33. The Bertz CT molecular complexity index is 582. The number of aromatic nitrogens is 1. The van der Waals surface area contributed by atoms with E-state index in [-0.39, 0.29) is 18.8 Å². The van der Waals surface area contributed by atoms with E-state index >= 15 is 0 Å². The van der Waals surface area contributed by atoms with E-state index in [0.717, 1.165) is 5.56 Å². The number of aryl methyl sites for hydroxylation is 1. The summed E-state index contributed by atoms with van der Waals surface area (Å²) < 4.78 is 27.6. The summed E-state index contributed by atoms with van der Waals surface area (Å²) in [5.41, 5.74) is 1.97. The van der Waals surface area contributed by atoms with Crippen LogP contribution < -0.4 is 0 Å². The van der Waals surface area contributed by atoms with Gasteiger partial charge in [0, 0.05) is 37.9 Å². The van der Waals surface area contributed by atoms with Gasteiger partial charge in [-0.05, 0) is 12.5 Å². The van der Waals surface area contributed by atoms with Crippen LogP contribution in [0.1, 0.15) is 30.7 Å². The van der Waals surface area contributed by atoms with Crippen molar-refractivity contribution in [1.29, 1.82) is 0 Å². The van der Waals surface area contributed by atoms with Crippen LogP contribution in [-0.4, -0.2) is 40.2 Å². The lowest BCUT2D eigenvalue weighted by atomic mass is 10.1.